The minimum absolute atomic E-state index is 0.768. The lowest BCUT2D eigenvalue weighted by atomic mass is 10.0. The van der Waals surface area contributed by atoms with Gasteiger partial charge in [-0.1, -0.05) is 30.3 Å². The fourth-order valence-electron chi connectivity index (χ4n) is 1.60. The molecule has 76 valence electrons. The lowest BCUT2D eigenvalue weighted by molar-refractivity contribution is 1.46. The summed E-state index contributed by atoms with van der Waals surface area (Å²) in [5.74, 6) is 0. The van der Waals surface area contributed by atoms with Crippen LogP contribution >= 0.6 is 0 Å². The molecule has 15 heavy (non-hydrogen) atoms. The number of anilines is 2. The molecule has 0 aromatic heterocycles. The topological polar surface area (TPSA) is 52.0 Å². The minimum atomic E-state index is 0.768. The van der Waals surface area contributed by atoms with Gasteiger partial charge in [-0.2, -0.15) is 0 Å². The Labute approximate surface area is 89.5 Å². The number of hydrogen-bond acceptors (Lipinski definition) is 2. The fraction of sp³-hybridized carbons (Fsp3) is 0.0769. The van der Waals surface area contributed by atoms with Crippen LogP contribution < -0.4 is 11.5 Å². The van der Waals surface area contributed by atoms with Crippen LogP contribution in [-0.2, 0) is 0 Å². The van der Waals surface area contributed by atoms with E-state index in [1.807, 2.05) is 49.4 Å². The summed E-state index contributed by atoms with van der Waals surface area (Å²) in [6, 6.07) is 13.8. The van der Waals surface area contributed by atoms with E-state index in [-0.39, 0.29) is 0 Å². The Morgan fingerprint density at radius 2 is 1.53 bits per heavy atom. The number of hydrogen-bond donors (Lipinski definition) is 2. The van der Waals surface area contributed by atoms with Crippen molar-refractivity contribution in [3.63, 3.8) is 0 Å². The standard InChI is InChI=1S/C13H14N2/c1-9-3-2-4-12(13(9)15)10-5-7-11(14)8-6-10/h2-8H,14-15H2,1H3. The quantitative estimate of drug-likeness (QED) is 0.692. The summed E-state index contributed by atoms with van der Waals surface area (Å²) in [6.45, 7) is 2.01. The van der Waals surface area contributed by atoms with Crippen LogP contribution in [0.2, 0.25) is 0 Å². The molecule has 0 saturated heterocycles. The fourth-order valence-corrected chi connectivity index (χ4v) is 1.60. The van der Waals surface area contributed by atoms with Crippen LogP contribution in [0.15, 0.2) is 42.5 Å². The van der Waals surface area contributed by atoms with Crippen molar-refractivity contribution in [2.45, 2.75) is 6.92 Å². The molecule has 0 aliphatic heterocycles. The molecular weight excluding hydrogens is 184 g/mol. The van der Waals surface area contributed by atoms with Crippen molar-refractivity contribution < 1.29 is 0 Å². The van der Waals surface area contributed by atoms with Crippen LogP contribution in [0.25, 0.3) is 11.1 Å². The van der Waals surface area contributed by atoms with Gasteiger partial charge in [0.25, 0.3) is 0 Å². The Balaban J connectivity index is 2.54. The second-order valence-electron chi connectivity index (χ2n) is 3.66. The Morgan fingerprint density at radius 3 is 2.20 bits per heavy atom. The van der Waals surface area contributed by atoms with E-state index >= 15 is 0 Å². The van der Waals surface area contributed by atoms with Gasteiger partial charge in [0.15, 0.2) is 0 Å². The maximum absolute atomic E-state index is 6.02. The molecule has 0 fully saturated rings. The third-order valence-corrected chi connectivity index (χ3v) is 2.55. The van der Waals surface area contributed by atoms with Crippen molar-refractivity contribution in [1.29, 1.82) is 0 Å². The summed E-state index contributed by atoms with van der Waals surface area (Å²) in [4.78, 5) is 0. The first-order valence-corrected chi connectivity index (χ1v) is 4.89. The molecule has 2 aromatic rings. The number of aryl methyl sites for hydroxylation is 1. The van der Waals surface area contributed by atoms with Gasteiger partial charge < -0.3 is 11.5 Å². The van der Waals surface area contributed by atoms with E-state index in [9.17, 15) is 0 Å². The van der Waals surface area contributed by atoms with Crippen molar-refractivity contribution in [2.75, 3.05) is 11.5 Å². The molecule has 0 unspecified atom stereocenters. The van der Waals surface area contributed by atoms with Gasteiger partial charge in [0, 0.05) is 16.9 Å². The second kappa shape index (κ2) is 3.65. The molecule has 0 aliphatic rings. The van der Waals surface area contributed by atoms with E-state index in [0.29, 0.717) is 0 Å². The zero-order valence-corrected chi connectivity index (χ0v) is 8.70. The van der Waals surface area contributed by atoms with E-state index in [0.717, 1.165) is 28.1 Å². The molecule has 0 atom stereocenters. The number of benzene rings is 2. The van der Waals surface area contributed by atoms with Crippen LogP contribution in [0.1, 0.15) is 5.56 Å². The first-order chi connectivity index (χ1) is 7.18. The molecule has 2 rings (SSSR count). The molecule has 0 aliphatic carbocycles. The SMILES string of the molecule is Cc1cccc(-c2ccc(N)cc2)c1N. The molecular formula is C13H14N2. The van der Waals surface area contributed by atoms with Crippen molar-refractivity contribution in [3.8, 4) is 11.1 Å². The summed E-state index contributed by atoms with van der Waals surface area (Å²) < 4.78 is 0. The minimum Gasteiger partial charge on any atom is -0.399 e. The highest BCUT2D eigenvalue weighted by molar-refractivity contribution is 5.78. The lowest BCUT2D eigenvalue weighted by Crippen LogP contribution is -1.93. The maximum Gasteiger partial charge on any atom is 0.0423 e. The smallest absolute Gasteiger partial charge is 0.0423 e. The van der Waals surface area contributed by atoms with E-state index in [2.05, 4.69) is 0 Å². The van der Waals surface area contributed by atoms with Crippen LogP contribution in [-0.4, -0.2) is 0 Å². The van der Waals surface area contributed by atoms with Crippen LogP contribution in [0.4, 0.5) is 11.4 Å². The summed E-state index contributed by atoms with van der Waals surface area (Å²) in [6.07, 6.45) is 0. The zero-order chi connectivity index (χ0) is 10.8. The second-order valence-corrected chi connectivity index (χ2v) is 3.66. The Morgan fingerprint density at radius 1 is 0.867 bits per heavy atom. The van der Waals surface area contributed by atoms with Crippen molar-refractivity contribution in [1.82, 2.24) is 0 Å². The van der Waals surface area contributed by atoms with Crippen molar-refractivity contribution in [3.05, 3.63) is 48.0 Å². The van der Waals surface area contributed by atoms with Gasteiger partial charge in [0.2, 0.25) is 0 Å². The Bertz CT molecular complexity index is 472. The third kappa shape index (κ3) is 1.79. The first-order valence-electron chi connectivity index (χ1n) is 4.89. The van der Waals surface area contributed by atoms with Gasteiger partial charge >= 0.3 is 0 Å². The summed E-state index contributed by atoms with van der Waals surface area (Å²) in [7, 11) is 0. The van der Waals surface area contributed by atoms with Gasteiger partial charge in [0.1, 0.15) is 0 Å². The molecule has 0 saturated carbocycles. The monoisotopic (exact) mass is 198 g/mol. The maximum atomic E-state index is 6.02. The number of nitrogen functional groups attached to an aromatic ring is 2. The normalized spacial score (nSPS) is 10.2. The average molecular weight is 198 g/mol. The van der Waals surface area contributed by atoms with E-state index in [4.69, 9.17) is 11.5 Å². The average Bonchev–Trinajstić information content (AvgIpc) is 2.24. The molecule has 4 N–H and O–H groups in total. The molecule has 2 nitrogen and oxygen atoms in total. The van der Waals surface area contributed by atoms with Gasteiger partial charge in [0.05, 0.1) is 0 Å². The summed E-state index contributed by atoms with van der Waals surface area (Å²) in [5.41, 5.74) is 16.5. The largest absolute Gasteiger partial charge is 0.399 e. The molecule has 0 radical (unpaired) electrons. The molecule has 0 heterocycles. The van der Waals surface area contributed by atoms with Crippen LogP contribution in [0.5, 0.6) is 0 Å². The van der Waals surface area contributed by atoms with E-state index in [1.54, 1.807) is 0 Å². The van der Waals surface area contributed by atoms with E-state index in [1.165, 1.54) is 0 Å². The zero-order valence-electron chi connectivity index (χ0n) is 8.70. The molecule has 0 amide bonds. The molecule has 2 aromatic carbocycles. The molecule has 0 bridgehead atoms. The summed E-state index contributed by atoms with van der Waals surface area (Å²) >= 11 is 0. The lowest BCUT2D eigenvalue weighted by Gasteiger charge is -2.08. The highest BCUT2D eigenvalue weighted by Crippen LogP contribution is 2.28. The van der Waals surface area contributed by atoms with Crippen LogP contribution in [0, 0.1) is 6.92 Å². The first kappa shape index (κ1) is 9.59. The Hall–Kier alpha value is -1.96. The number of para-hydroxylation sites is 1. The third-order valence-electron chi connectivity index (χ3n) is 2.55. The van der Waals surface area contributed by atoms with Crippen LogP contribution in [0.3, 0.4) is 0 Å². The van der Waals surface area contributed by atoms with Gasteiger partial charge in [-0.15, -0.1) is 0 Å². The van der Waals surface area contributed by atoms with E-state index < -0.39 is 0 Å². The summed E-state index contributed by atoms with van der Waals surface area (Å²) in [5, 5.41) is 0. The molecule has 0 spiro atoms. The predicted octanol–water partition coefficient (Wildman–Crippen LogP) is 2.83. The van der Waals surface area contributed by atoms with Gasteiger partial charge in [-0.05, 0) is 30.2 Å². The number of nitrogens with two attached hydrogens (primary N) is 2. The van der Waals surface area contributed by atoms with Gasteiger partial charge in [-0.3, -0.25) is 0 Å². The van der Waals surface area contributed by atoms with Crippen molar-refractivity contribution >= 4 is 11.4 Å². The highest BCUT2D eigenvalue weighted by atomic mass is 14.6. The predicted molar refractivity (Wildman–Crippen MR) is 65.4 cm³/mol. The Kier molecular flexibility index (Phi) is 2.34. The van der Waals surface area contributed by atoms with Gasteiger partial charge in [-0.25, -0.2) is 0 Å². The van der Waals surface area contributed by atoms with Crippen molar-refractivity contribution in [2.24, 2.45) is 0 Å². The highest BCUT2D eigenvalue weighted by Gasteiger charge is 2.03. The number of rotatable bonds is 1. The molecule has 2 heteroatoms.